The molecule has 3 heterocycles. The van der Waals surface area contributed by atoms with Gasteiger partial charge in [-0.25, -0.2) is 4.68 Å². The lowest BCUT2D eigenvalue weighted by Gasteiger charge is -2.31. The van der Waals surface area contributed by atoms with E-state index in [2.05, 4.69) is 41.5 Å². The van der Waals surface area contributed by atoms with Crippen molar-refractivity contribution in [3.8, 4) is 5.75 Å². The number of fused-ring (bicyclic) bond motifs is 3. The van der Waals surface area contributed by atoms with Gasteiger partial charge in [-0.3, -0.25) is 9.59 Å². The molecule has 0 spiro atoms. The summed E-state index contributed by atoms with van der Waals surface area (Å²) in [7, 11) is 1.88. The van der Waals surface area contributed by atoms with Gasteiger partial charge in [-0.2, -0.15) is 0 Å². The molecule has 0 radical (unpaired) electrons. The summed E-state index contributed by atoms with van der Waals surface area (Å²) in [6.45, 7) is 8.14. The molecule has 2 aliphatic heterocycles. The fourth-order valence-corrected chi connectivity index (χ4v) is 6.40. The Labute approximate surface area is 240 Å². The zero-order chi connectivity index (χ0) is 28.7. The van der Waals surface area contributed by atoms with Gasteiger partial charge in [-0.15, -0.1) is 5.10 Å². The van der Waals surface area contributed by atoms with Gasteiger partial charge in [0.1, 0.15) is 11.3 Å². The fraction of sp³-hybridized carbons (Fsp3) is 0.394. The number of esters is 1. The summed E-state index contributed by atoms with van der Waals surface area (Å²) in [6.07, 6.45) is 2.66. The molecule has 0 N–H and O–H groups in total. The molecule has 1 aromatic heterocycles. The van der Waals surface area contributed by atoms with Crippen LogP contribution in [0.1, 0.15) is 75.5 Å². The number of aromatic nitrogens is 3. The number of amides is 1. The maximum absolute atomic E-state index is 13.8. The molecule has 212 valence electrons. The van der Waals surface area contributed by atoms with Crippen LogP contribution < -0.4 is 4.74 Å². The van der Waals surface area contributed by atoms with Crippen molar-refractivity contribution in [1.29, 1.82) is 0 Å². The monoisotopic (exact) mass is 552 g/mol. The van der Waals surface area contributed by atoms with E-state index in [-0.39, 0.29) is 24.2 Å². The van der Waals surface area contributed by atoms with Crippen molar-refractivity contribution in [3.63, 3.8) is 0 Å². The van der Waals surface area contributed by atoms with Gasteiger partial charge in [0.2, 0.25) is 0 Å². The number of hydrogen-bond donors (Lipinski definition) is 0. The third-order valence-corrected chi connectivity index (χ3v) is 8.61. The van der Waals surface area contributed by atoms with E-state index < -0.39 is 0 Å². The molecule has 0 aliphatic carbocycles. The molecule has 1 amide bonds. The van der Waals surface area contributed by atoms with Crippen molar-refractivity contribution < 1.29 is 19.1 Å². The highest BCUT2D eigenvalue weighted by molar-refractivity contribution is 5.97. The molecule has 3 aromatic carbocycles. The highest BCUT2D eigenvalue weighted by atomic mass is 16.5. The number of nitrogens with zero attached hydrogens (tertiary/aromatic N) is 4. The Morgan fingerprint density at radius 2 is 1.93 bits per heavy atom. The molecule has 4 aromatic rings. The van der Waals surface area contributed by atoms with Crippen LogP contribution in [0.15, 0.2) is 42.5 Å². The van der Waals surface area contributed by atoms with Gasteiger partial charge in [-0.1, -0.05) is 42.5 Å². The van der Waals surface area contributed by atoms with Crippen LogP contribution in [0, 0.1) is 6.92 Å². The summed E-state index contributed by atoms with van der Waals surface area (Å²) in [4.78, 5) is 28.5. The van der Waals surface area contributed by atoms with Crippen LogP contribution >= 0.6 is 0 Å². The minimum atomic E-state index is -0.239. The van der Waals surface area contributed by atoms with Gasteiger partial charge in [0, 0.05) is 43.6 Å². The first-order valence-electron chi connectivity index (χ1n) is 14.5. The van der Waals surface area contributed by atoms with Crippen LogP contribution in [-0.4, -0.2) is 51.5 Å². The van der Waals surface area contributed by atoms with Crippen LogP contribution in [-0.2, 0) is 42.4 Å². The van der Waals surface area contributed by atoms with Crippen LogP contribution in [0.25, 0.3) is 11.0 Å². The summed E-state index contributed by atoms with van der Waals surface area (Å²) in [5, 5.41) is 8.57. The summed E-state index contributed by atoms with van der Waals surface area (Å²) < 4.78 is 13.0. The standard InChI is InChI=1S/C33H36N4O4/c1-5-21-9-10-27(26-14-16-41-32(21)26)33(39)37-15-13-22-7-8-23(17-24(22)19-37)28(18-30(38)40-6-2)25-11-12-29-31(20(25)3)34-35-36(29)4/h7-12,17,28H,5-6,13-16,18-19H2,1-4H3. The van der Waals surface area contributed by atoms with Crippen molar-refractivity contribution >= 4 is 22.9 Å². The first kappa shape index (κ1) is 27.0. The summed E-state index contributed by atoms with van der Waals surface area (Å²) in [5.74, 6) is 0.504. The minimum absolute atomic E-state index is 0.0532. The van der Waals surface area contributed by atoms with Gasteiger partial charge in [0.25, 0.3) is 5.91 Å². The smallest absolute Gasteiger partial charge is 0.306 e. The average Bonchev–Trinajstić information content (AvgIpc) is 3.63. The van der Waals surface area contributed by atoms with Crippen molar-refractivity contribution in [2.24, 2.45) is 7.05 Å². The number of rotatable bonds is 7. The number of ether oxygens (including phenoxy) is 2. The Bertz CT molecular complexity index is 1660. The molecule has 0 saturated carbocycles. The molecule has 41 heavy (non-hydrogen) atoms. The van der Waals surface area contributed by atoms with Crippen LogP contribution in [0.5, 0.6) is 5.75 Å². The summed E-state index contributed by atoms with van der Waals surface area (Å²) >= 11 is 0. The molecular formula is C33H36N4O4. The lowest BCUT2D eigenvalue weighted by molar-refractivity contribution is -0.143. The van der Waals surface area contributed by atoms with E-state index in [1.54, 1.807) is 4.68 Å². The lowest BCUT2D eigenvalue weighted by atomic mass is 9.83. The number of benzene rings is 3. The van der Waals surface area contributed by atoms with E-state index in [1.165, 1.54) is 5.56 Å². The first-order valence-corrected chi connectivity index (χ1v) is 14.5. The molecule has 0 saturated heterocycles. The van der Waals surface area contributed by atoms with Crippen LogP contribution in [0.3, 0.4) is 0 Å². The number of carbonyl (C=O) groups is 2. The number of carbonyl (C=O) groups excluding carboxylic acids is 2. The molecule has 1 atom stereocenters. The normalized spacial score (nSPS) is 14.9. The fourth-order valence-electron chi connectivity index (χ4n) is 6.40. The Hall–Kier alpha value is -4.20. The highest BCUT2D eigenvalue weighted by Crippen LogP contribution is 2.37. The predicted octanol–water partition coefficient (Wildman–Crippen LogP) is 5.06. The molecule has 0 fully saturated rings. The third kappa shape index (κ3) is 4.85. The zero-order valence-corrected chi connectivity index (χ0v) is 24.2. The van der Waals surface area contributed by atoms with Crippen LogP contribution in [0.4, 0.5) is 0 Å². The number of aryl methyl sites for hydroxylation is 3. The molecular weight excluding hydrogens is 516 g/mol. The van der Waals surface area contributed by atoms with Gasteiger partial charge < -0.3 is 14.4 Å². The van der Waals surface area contributed by atoms with Crippen molar-refractivity contribution in [1.82, 2.24) is 19.9 Å². The lowest BCUT2D eigenvalue weighted by Crippen LogP contribution is -2.36. The Balaban J connectivity index is 1.33. The van der Waals surface area contributed by atoms with Crippen molar-refractivity contribution in [2.75, 3.05) is 19.8 Å². The highest BCUT2D eigenvalue weighted by Gasteiger charge is 2.29. The van der Waals surface area contributed by atoms with E-state index >= 15 is 0 Å². The van der Waals surface area contributed by atoms with Gasteiger partial charge in [0.15, 0.2) is 0 Å². The van der Waals surface area contributed by atoms with Gasteiger partial charge in [0.05, 0.1) is 25.2 Å². The second kappa shape index (κ2) is 11.0. The average molecular weight is 553 g/mol. The molecule has 0 bridgehead atoms. The van der Waals surface area contributed by atoms with E-state index in [0.29, 0.717) is 26.3 Å². The molecule has 2 aliphatic rings. The molecule has 8 heteroatoms. The van der Waals surface area contributed by atoms with E-state index in [0.717, 1.165) is 75.0 Å². The summed E-state index contributed by atoms with van der Waals surface area (Å²) in [6, 6.07) is 14.5. The topological polar surface area (TPSA) is 86.6 Å². The number of hydrogen-bond acceptors (Lipinski definition) is 6. The SMILES string of the molecule is CCOC(=O)CC(c1ccc2c(c1)CN(C(=O)c1ccc(CC)c3c1CCO3)CC2)c1ccc2c(nnn2C)c1C. The predicted molar refractivity (Wildman–Crippen MR) is 156 cm³/mol. The second-order valence-electron chi connectivity index (χ2n) is 11.0. The van der Waals surface area contributed by atoms with E-state index in [9.17, 15) is 9.59 Å². The quantitative estimate of drug-likeness (QED) is 0.298. The van der Waals surface area contributed by atoms with E-state index in [1.807, 2.05) is 44.0 Å². The summed E-state index contributed by atoms with van der Waals surface area (Å²) in [5.41, 5.74) is 10.2. The third-order valence-electron chi connectivity index (χ3n) is 8.61. The maximum Gasteiger partial charge on any atom is 0.306 e. The zero-order valence-electron chi connectivity index (χ0n) is 24.2. The first-order chi connectivity index (χ1) is 19.9. The molecule has 6 rings (SSSR count). The van der Waals surface area contributed by atoms with Gasteiger partial charge in [-0.05, 0) is 72.2 Å². The van der Waals surface area contributed by atoms with Gasteiger partial charge >= 0.3 is 5.97 Å². The van der Waals surface area contributed by atoms with Crippen LogP contribution in [0.2, 0.25) is 0 Å². The Morgan fingerprint density at radius 1 is 1.07 bits per heavy atom. The molecule has 1 unspecified atom stereocenters. The Kier molecular flexibility index (Phi) is 7.24. The Morgan fingerprint density at radius 3 is 2.73 bits per heavy atom. The maximum atomic E-state index is 13.8. The second-order valence-corrected chi connectivity index (χ2v) is 11.0. The van der Waals surface area contributed by atoms with Crippen molar-refractivity contribution in [3.05, 3.63) is 87.0 Å². The van der Waals surface area contributed by atoms with Crippen molar-refractivity contribution in [2.45, 2.75) is 58.9 Å². The molecule has 8 nitrogen and oxygen atoms in total. The largest absolute Gasteiger partial charge is 0.493 e. The van der Waals surface area contributed by atoms with E-state index in [4.69, 9.17) is 9.47 Å². The minimum Gasteiger partial charge on any atom is -0.493 e.